The topological polar surface area (TPSA) is 154 Å². The summed E-state index contributed by atoms with van der Waals surface area (Å²) in [6.07, 6.45) is 0. The predicted octanol–water partition coefficient (Wildman–Crippen LogP) is 3.24. The molecule has 25 heavy (non-hydrogen) atoms. The standard InChI is InChI=1S/C14H9Cl2N3O2.CH4N2O/c15-9-4-2-5-10(12(9)16)18-14(21)19-11-6-1-3-8(7-17)13(11)20;2-1(3)4/h1-6,20H,(H2,18,19,21);(H4,2,3,4). The summed E-state index contributed by atoms with van der Waals surface area (Å²) in [5.41, 5.74) is 9.01. The zero-order valence-corrected chi connectivity index (χ0v) is 14.1. The van der Waals surface area contributed by atoms with Crippen LogP contribution in [0.3, 0.4) is 0 Å². The molecule has 0 radical (unpaired) electrons. The number of rotatable bonds is 2. The number of para-hydroxylation sites is 1. The van der Waals surface area contributed by atoms with Crippen LogP contribution < -0.4 is 22.1 Å². The molecular weight excluding hydrogens is 369 g/mol. The first-order valence-electron chi connectivity index (χ1n) is 6.55. The molecule has 0 aliphatic rings. The number of nitriles is 1. The van der Waals surface area contributed by atoms with Crippen molar-refractivity contribution >= 4 is 46.6 Å². The average molecular weight is 382 g/mol. The van der Waals surface area contributed by atoms with Gasteiger partial charge < -0.3 is 27.2 Å². The molecule has 2 rings (SSSR count). The molecule has 0 unspecified atom stereocenters. The molecule has 0 aliphatic heterocycles. The lowest BCUT2D eigenvalue weighted by atomic mass is 10.2. The van der Waals surface area contributed by atoms with Gasteiger partial charge in [0.15, 0.2) is 5.75 Å². The number of phenols is 1. The lowest BCUT2D eigenvalue weighted by molar-refractivity contribution is 0.256. The molecule has 130 valence electrons. The van der Waals surface area contributed by atoms with Crippen molar-refractivity contribution in [1.82, 2.24) is 0 Å². The fourth-order valence-corrected chi connectivity index (χ4v) is 1.96. The van der Waals surface area contributed by atoms with E-state index in [1.807, 2.05) is 6.07 Å². The normalized spacial score (nSPS) is 9.16. The van der Waals surface area contributed by atoms with Gasteiger partial charge in [-0.25, -0.2) is 9.59 Å². The van der Waals surface area contributed by atoms with Crippen LogP contribution in [-0.2, 0) is 0 Å². The van der Waals surface area contributed by atoms with Crippen LogP contribution >= 0.6 is 23.2 Å². The largest absolute Gasteiger partial charge is 0.504 e. The number of amides is 4. The number of carbonyl (C=O) groups excluding carboxylic acids is 2. The number of aromatic hydroxyl groups is 1. The SMILES string of the molecule is N#Cc1cccc(NC(=O)Nc2cccc(Cl)c2Cl)c1O.NC(N)=O. The first-order valence-corrected chi connectivity index (χ1v) is 7.30. The number of hydrogen-bond donors (Lipinski definition) is 5. The van der Waals surface area contributed by atoms with Crippen molar-refractivity contribution in [1.29, 1.82) is 5.26 Å². The van der Waals surface area contributed by atoms with Crippen LogP contribution in [0.5, 0.6) is 5.75 Å². The summed E-state index contributed by atoms with van der Waals surface area (Å²) >= 11 is 11.8. The number of nitrogens with zero attached hydrogens (tertiary/aromatic N) is 1. The smallest absolute Gasteiger partial charge is 0.323 e. The Bertz CT molecular complexity index is 832. The van der Waals surface area contributed by atoms with E-state index in [9.17, 15) is 9.90 Å². The number of nitrogens with two attached hydrogens (primary N) is 2. The van der Waals surface area contributed by atoms with Crippen LogP contribution in [0.2, 0.25) is 10.0 Å². The Morgan fingerprint density at radius 3 is 2.16 bits per heavy atom. The molecule has 0 bridgehead atoms. The Morgan fingerprint density at radius 1 is 1.04 bits per heavy atom. The van der Waals surface area contributed by atoms with Crippen molar-refractivity contribution < 1.29 is 14.7 Å². The average Bonchev–Trinajstić information content (AvgIpc) is 2.53. The zero-order valence-electron chi connectivity index (χ0n) is 12.6. The third kappa shape index (κ3) is 6.10. The molecule has 4 amide bonds. The van der Waals surface area contributed by atoms with E-state index in [0.717, 1.165) is 0 Å². The second-order valence-corrected chi connectivity index (χ2v) is 5.18. The van der Waals surface area contributed by atoms with E-state index in [0.29, 0.717) is 10.7 Å². The van der Waals surface area contributed by atoms with Gasteiger partial charge in [-0.2, -0.15) is 5.26 Å². The molecule has 0 fully saturated rings. The summed E-state index contributed by atoms with van der Waals surface area (Å²) in [7, 11) is 0. The Labute approximate surface area is 152 Å². The summed E-state index contributed by atoms with van der Waals surface area (Å²) in [4.78, 5) is 20.9. The Hall–Kier alpha value is -3.15. The summed E-state index contributed by atoms with van der Waals surface area (Å²) in [6.45, 7) is 0. The summed E-state index contributed by atoms with van der Waals surface area (Å²) < 4.78 is 0. The van der Waals surface area contributed by atoms with E-state index in [1.54, 1.807) is 24.3 Å². The van der Waals surface area contributed by atoms with E-state index in [4.69, 9.17) is 33.3 Å². The van der Waals surface area contributed by atoms with Gasteiger partial charge in [-0.05, 0) is 24.3 Å². The maximum Gasteiger partial charge on any atom is 0.323 e. The van der Waals surface area contributed by atoms with Crippen LogP contribution in [0.25, 0.3) is 0 Å². The van der Waals surface area contributed by atoms with Crippen molar-refractivity contribution in [3.63, 3.8) is 0 Å². The number of primary amides is 2. The van der Waals surface area contributed by atoms with E-state index in [1.165, 1.54) is 12.1 Å². The highest BCUT2D eigenvalue weighted by atomic mass is 35.5. The molecule has 0 heterocycles. The van der Waals surface area contributed by atoms with E-state index < -0.39 is 12.1 Å². The number of urea groups is 2. The summed E-state index contributed by atoms with van der Waals surface area (Å²) in [6, 6.07) is 9.62. The molecule has 0 spiro atoms. The second kappa shape index (κ2) is 9.22. The van der Waals surface area contributed by atoms with Crippen molar-refractivity contribution in [2.45, 2.75) is 0 Å². The molecule has 7 N–H and O–H groups in total. The molecule has 0 aliphatic carbocycles. The fourth-order valence-electron chi connectivity index (χ4n) is 1.61. The van der Waals surface area contributed by atoms with Crippen molar-refractivity contribution in [3.05, 3.63) is 52.0 Å². The lowest BCUT2D eigenvalue weighted by Crippen LogP contribution is -2.19. The van der Waals surface area contributed by atoms with E-state index >= 15 is 0 Å². The number of carbonyl (C=O) groups is 2. The monoisotopic (exact) mass is 381 g/mol. The molecule has 0 saturated heterocycles. The molecule has 8 nitrogen and oxygen atoms in total. The highest BCUT2D eigenvalue weighted by Crippen LogP contribution is 2.30. The van der Waals surface area contributed by atoms with Gasteiger partial charge >= 0.3 is 12.1 Å². The summed E-state index contributed by atoms with van der Waals surface area (Å²) in [5, 5.41) is 24.1. The van der Waals surface area contributed by atoms with Gasteiger partial charge in [0.05, 0.1) is 27.0 Å². The van der Waals surface area contributed by atoms with Crippen molar-refractivity contribution in [3.8, 4) is 11.8 Å². The van der Waals surface area contributed by atoms with Gasteiger partial charge in [0.1, 0.15) is 6.07 Å². The second-order valence-electron chi connectivity index (χ2n) is 4.40. The maximum absolute atomic E-state index is 11.9. The van der Waals surface area contributed by atoms with Crippen molar-refractivity contribution in [2.75, 3.05) is 10.6 Å². The third-order valence-electron chi connectivity index (χ3n) is 2.60. The van der Waals surface area contributed by atoms with Crippen LogP contribution in [0.1, 0.15) is 5.56 Å². The molecule has 0 atom stereocenters. The quantitative estimate of drug-likeness (QED) is 0.506. The van der Waals surface area contributed by atoms with Gasteiger partial charge in [0.2, 0.25) is 0 Å². The number of phenolic OH excluding ortho intramolecular Hbond substituents is 1. The Kier molecular flexibility index (Phi) is 7.34. The van der Waals surface area contributed by atoms with Crippen LogP contribution in [-0.4, -0.2) is 17.2 Å². The van der Waals surface area contributed by atoms with Gasteiger partial charge in [0.25, 0.3) is 0 Å². The molecule has 2 aromatic rings. The molecule has 10 heteroatoms. The van der Waals surface area contributed by atoms with E-state index in [-0.39, 0.29) is 22.0 Å². The van der Waals surface area contributed by atoms with Crippen molar-refractivity contribution in [2.24, 2.45) is 11.5 Å². The Balaban J connectivity index is 0.000000705. The third-order valence-corrected chi connectivity index (χ3v) is 3.42. The van der Waals surface area contributed by atoms with E-state index in [2.05, 4.69) is 22.1 Å². The minimum atomic E-state index is -0.833. The lowest BCUT2D eigenvalue weighted by Gasteiger charge is -2.11. The predicted molar refractivity (Wildman–Crippen MR) is 95.7 cm³/mol. The van der Waals surface area contributed by atoms with Gasteiger partial charge in [-0.3, -0.25) is 0 Å². The highest BCUT2D eigenvalue weighted by molar-refractivity contribution is 6.44. The Morgan fingerprint density at radius 2 is 1.56 bits per heavy atom. The summed E-state index contributed by atoms with van der Waals surface area (Å²) in [5.74, 6) is -0.299. The number of nitrogens with one attached hydrogen (secondary N) is 2. The van der Waals surface area contributed by atoms with Gasteiger partial charge in [-0.15, -0.1) is 0 Å². The van der Waals surface area contributed by atoms with Crippen LogP contribution in [0, 0.1) is 11.3 Å². The number of halogens is 2. The molecule has 0 saturated carbocycles. The van der Waals surface area contributed by atoms with Crippen LogP contribution in [0.15, 0.2) is 36.4 Å². The van der Waals surface area contributed by atoms with Crippen LogP contribution in [0.4, 0.5) is 21.0 Å². The fraction of sp³-hybridized carbons (Fsp3) is 0. The zero-order chi connectivity index (χ0) is 19.0. The first-order chi connectivity index (χ1) is 11.8. The molecule has 2 aromatic carbocycles. The minimum Gasteiger partial charge on any atom is -0.504 e. The molecule has 0 aromatic heterocycles. The highest BCUT2D eigenvalue weighted by Gasteiger charge is 2.11. The first kappa shape index (κ1) is 19.9. The molecular formula is C15H13Cl2N5O3. The minimum absolute atomic E-state index is 0.0635. The van der Waals surface area contributed by atoms with Gasteiger partial charge in [-0.1, -0.05) is 35.3 Å². The number of hydrogen-bond acceptors (Lipinski definition) is 4. The van der Waals surface area contributed by atoms with Gasteiger partial charge in [0, 0.05) is 0 Å². The maximum atomic E-state index is 11.9. The number of anilines is 2. The number of benzene rings is 2.